The Balaban J connectivity index is 1.93. The zero-order valence-electron chi connectivity index (χ0n) is 13.8. The summed E-state index contributed by atoms with van der Waals surface area (Å²) < 4.78 is 35.0. The fourth-order valence-corrected chi connectivity index (χ4v) is 4.01. The number of unbranched alkanes of at least 4 members (excludes halogenated alkanes) is 3. The smallest absolute Gasteiger partial charge is 0.337 e. The predicted octanol–water partition coefficient (Wildman–Crippen LogP) is 2.86. The first-order valence-corrected chi connectivity index (χ1v) is 9.64. The van der Waals surface area contributed by atoms with Gasteiger partial charge in [-0.3, -0.25) is 0 Å². The maximum atomic E-state index is 12.6. The lowest BCUT2D eigenvalue weighted by Crippen LogP contribution is -2.11. The van der Waals surface area contributed by atoms with E-state index in [1.165, 1.54) is 0 Å². The van der Waals surface area contributed by atoms with Gasteiger partial charge in [0, 0.05) is 17.5 Å². The predicted molar refractivity (Wildman–Crippen MR) is 94.2 cm³/mol. The Hall–Kier alpha value is -2.41. The van der Waals surface area contributed by atoms with Crippen molar-refractivity contribution in [3.63, 3.8) is 0 Å². The molecule has 1 heterocycles. The summed E-state index contributed by atoms with van der Waals surface area (Å²) in [6, 6.07) is 7.61. The van der Waals surface area contributed by atoms with Gasteiger partial charge < -0.3 is 9.15 Å². The molecule has 0 aliphatic heterocycles. The second-order valence-corrected chi connectivity index (χ2v) is 7.61. The largest absolute Gasteiger partial charge is 0.463 e. The molecule has 0 saturated heterocycles. The van der Waals surface area contributed by atoms with E-state index in [-0.39, 0.29) is 16.2 Å². The first-order chi connectivity index (χ1) is 11.9. The maximum Gasteiger partial charge on any atom is 0.337 e. The monoisotopic (exact) mass is 364 g/mol. The highest BCUT2D eigenvalue weighted by Gasteiger charge is 2.19. The zero-order chi connectivity index (χ0) is 18.3. The van der Waals surface area contributed by atoms with Crippen molar-refractivity contribution in [3.8, 4) is 0 Å². The number of ether oxygens (including phenoxy) is 1. The van der Waals surface area contributed by atoms with Gasteiger partial charge >= 0.3 is 11.6 Å². The van der Waals surface area contributed by atoms with Crippen LogP contribution in [0, 0.1) is 0 Å². The van der Waals surface area contributed by atoms with E-state index in [0.717, 1.165) is 18.6 Å². The van der Waals surface area contributed by atoms with Crippen LogP contribution in [0.4, 0.5) is 0 Å². The van der Waals surface area contributed by atoms with Crippen LogP contribution in [0.2, 0.25) is 0 Å². The fourth-order valence-electron chi connectivity index (χ4n) is 2.43. The Morgan fingerprint density at radius 2 is 1.88 bits per heavy atom. The molecule has 0 saturated carbocycles. The van der Waals surface area contributed by atoms with E-state index in [4.69, 9.17) is 9.15 Å². The second kappa shape index (κ2) is 8.62. The van der Waals surface area contributed by atoms with Crippen LogP contribution in [0.1, 0.15) is 25.7 Å². The molecule has 25 heavy (non-hydrogen) atoms. The summed E-state index contributed by atoms with van der Waals surface area (Å²) in [6.07, 6.45) is 3.67. The Bertz CT molecular complexity index is 911. The highest BCUT2D eigenvalue weighted by molar-refractivity contribution is 7.91. The minimum Gasteiger partial charge on any atom is -0.463 e. The van der Waals surface area contributed by atoms with Gasteiger partial charge in [-0.25, -0.2) is 18.0 Å². The number of carbonyl (C=O) groups is 1. The minimum atomic E-state index is -3.58. The van der Waals surface area contributed by atoms with E-state index in [0.29, 0.717) is 31.3 Å². The molecule has 0 atom stereocenters. The van der Waals surface area contributed by atoms with Gasteiger partial charge in [-0.1, -0.05) is 31.6 Å². The normalized spacial score (nSPS) is 11.4. The summed E-state index contributed by atoms with van der Waals surface area (Å²) in [7, 11) is -3.58. The van der Waals surface area contributed by atoms with Crippen molar-refractivity contribution in [1.82, 2.24) is 0 Å². The van der Waals surface area contributed by atoms with Gasteiger partial charge in [-0.05, 0) is 25.0 Å². The molecule has 6 nitrogen and oxygen atoms in total. The van der Waals surface area contributed by atoms with Crippen LogP contribution < -0.4 is 5.63 Å². The minimum absolute atomic E-state index is 0.0132. The summed E-state index contributed by atoms with van der Waals surface area (Å²) in [6.45, 7) is 3.60. The van der Waals surface area contributed by atoms with Crippen molar-refractivity contribution >= 4 is 26.8 Å². The van der Waals surface area contributed by atoms with E-state index in [9.17, 15) is 18.0 Å². The molecule has 0 aliphatic rings. The van der Waals surface area contributed by atoms with Crippen molar-refractivity contribution in [2.24, 2.45) is 0 Å². The van der Waals surface area contributed by atoms with Crippen molar-refractivity contribution in [2.45, 2.75) is 30.6 Å². The highest BCUT2D eigenvalue weighted by Crippen LogP contribution is 2.22. The maximum absolute atomic E-state index is 12.6. The molecule has 0 bridgehead atoms. The Morgan fingerprint density at radius 1 is 1.16 bits per heavy atom. The van der Waals surface area contributed by atoms with Gasteiger partial charge in [-0.2, -0.15) is 0 Å². The number of benzene rings is 1. The van der Waals surface area contributed by atoms with Crippen LogP contribution in [0.25, 0.3) is 11.0 Å². The lowest BCUT2D eigenvalue weighted by Gasteiger charge is -2.07. The SMILES string of the molecule is C=CC(=O)OCCCCCCS(=O)(=O)c1cc(=O)oc2ccccc12. The van der Waals surface area contributed by atoms with E-state index in [1.54, 1.807) is 24.3 Å². The number of hydrogen-bond donors (Lipinski definition) is 0. The van der Waals surface area contributed by atoms with E-state index < -0.39 is 21.4 Å². The van der Waals surface area contributed by atoms with E-state index >= 15 is 0 Å². The number of carbonyl (C=O) groups excluding carboxylic acids is 1. The molecule has 7 heteroatoms. The summed E-state index contributed by atoms with van der Waals surface area (Å²) >= 11 is 0. The standard InChI is InChI=1S/C18H20O6S/c1-2-17(19)23-11-7-3-4-8-12-25(21,22)16-13-18(20)24-15-10-6-5-9-14(15)16/h2,5-6,9-10,13H,1,3-4,7-8,11-12H2. The van der Waals surface area contributed by atoms with Crippen LogP contribution in [-0.2, 0) is 19.4 Å². The quantitative estimate of drug-likeness (QED) is 0.294. The Labute approximate surface area is 146 Å². The van der Waals surface area contributed by atoms with Gasteiger partial charge in [0.1, 0.15) is 5.58 Å². The summed E-state index contributed by atoms with van der Waals surface area (Å²) in [5.41, 5.74) is -0.418. The molecule has 0 aliphatic carbocycles. The average molecular weight is 364 g/mol. The lowest BCUT2D eigenvalue weighted by molar-refractivity contribution is -0.137. The summed E-state index contributed by atoms with van der Waals surface area (Å²) in [5.74, 6) is -0.509. The first kappa shape index (κ1) is 18.9. The van der Waals surface area contributed by atoms with Crippen LogP contribution in [0.3, 0.4) is 0 Å². The molecule has 0 unspecified atom stereocenters. The van der Waals surface area contributed by atoms with Crippen LogP contribution in [0.5, 0.6) is 0 Å². The third kappa shape index (κ3) is 5.29. The Kier molecular flexibility index (Phi) is 6.52. The molecule has 0 amide bonds. The van der Waals surface area contributed by atoms with Crippen LogP contribution in [-0.4, -0.2) is 26.7 Å². The third-order valence-corrected chi connectivity index (χ3v) is 5.50. The average Bonchev–Trinajstić information content (AvgIpc) is 2.59. The molecule has 2 aromatic rings. The van der Waals surface area contributed by atoms with Gasteiger partial charge in [0.25, 0.3) is 0 Å². The van der Waals surface area contributed by atoms with E-state index in [2.05, 4.69) is 6.58 Å². The molecule has 0 N–H and O–H groups in total. The number of hydrogen-bond acceptors (Lipinski definition) is 6. The zero-order valence-corrected chi connectivity index (χ0v) is 14.6. The first-order valence-electron chi connectivity index (χ1n) is 7.99. The highest BCUT2D eigenvalue weighted by atomic mass is 32.2. The molecule has 0 fully saturated rings. The topological polar surface area (TPSA) is 90.7 Å². The Morgan fingerprint density at radius 3 is 2.64 bits per heavy atom. The van der Waals surface area contributed by atoms with Gasteiger partial charge in [-0.15, -0.1) is 0 Å². The van der Waals surface area contributed by atoms with Crippen molar-refractivity contribution < 1.29 is 22.4 Å². The van der Waals surface area contributed by atoms with Crippen molar-refractivity contribution in [1.29, 1.82) is 0 Å². The van der Waals surface area contributed by atoms with Crippen LogP contribution >= 0.6 is 0 Å². The third-order valence-electron chi connectivity index (χ3n) is 3.67. The number of sulfone groups is 1. The van der Waals surface area contributed by atoms with E-state index in [1.807, 2.05) is 0 Å². The molecule has 0 radical (unpaired) electrons. The van der Waals surface area contributed by atoms with Crippen molar-refractivity contribution in [2.75, 3.05) is 12.4 Å². The molecule has 1 aromatic carbocycles. The van der Waals surface area contributed by atoms with Gasteiger partial charge in [0.2, 0.25) is 0 Å². The fraction of sp³-hybridized carbons (Fsp3) is 0.333. The van der Waals surface area contributed by atoms with Crippen molar-refractivity contribution in [3.05, 3.63) is 53.4 Å². The molecule has 2 rings (SSSR count). The number of para-hydroxylation sites is 1. The summed E-state index contributed by atoms with van der Waals surface area (Å²) in [5, 5.41) is 0.415. The van der Waals surface area contributed by atoms with Crippen LogP contribution in [0.15, 0.2) is 57.1 Å². The molecular weight excluding hydrogens is 344 g/mol. The molecule has 134 valence electrons. The molecular formula is C18H20O6S. The number of esters is 1. The summed E-state index contributed by atoms with van der Waals surface area (Å²) in [4.78, 5) is 22.5. The van der Waals surface area contributed by atoms with Gasteiger partial charge in [0.05, 0.1) is 17.3 Å². The molecule has 0 spiro atoms. The lowest BCUT2D eigenvalue weighted by atomic mass is 10.2. The second-order valence-electron chi connectivity index (χ2n) is 5.53. The van der Waals surface area contributed by atoms with Gasteiger partial charge in [0.15, 0.2) is 9.84 Å². The number of fused-ring (bicyclic) bond motifs is 1. The number of rotatable bonds is 9. The molecule has 1 aromatic heterocycles.